The Bertz CT molecular complexity index is 522. The van der Waals surface area contributed by atoms with E-state index < -0.39 is 0 Å². The molecule has 5 heteroatoms. The first-order chi connectivity index (χ1) is 10.2. The number of likely N-dealkylation sites (tertiary alicyclic amines) is 1. The first-order valence-electron chi connectivity index (χ1n) is 7.35. The van der Waals surface area contributed by atoms with E-state index in [1.54, 1.807) is 11.3 Å². The topological polar surface area (TPSA) is 66.6 Å². The predicted molar refractivity (Wildman–Crippen MR) is 84.7 cm³/mol. The largest absolute Gasteiger partial charge is 0.395 e. The molecule has 0 aliphatic carbocycles. The van der Waals surface area contributed by atoms with Crippen LogP contribution in [-0.2, 0) is 11.3 Å². The standard InChI is InChI=1S/C16H22N2O2S/c17-16(20)11-13-4-7-18(8-5-13)12-15-14(6-10-21-15)3-1-2-9-19/h6,10,13,19H,2,4-5,7-9,11-12H2,(H2,17,20). The van der Waals surface area contributed by atoms with Gasteiger partial charge >= 0.3 is 0 Å². The second-order valence-electron chi connectivity index (χ2n) is 5.42. The number of carbonyl (C=O) groups is 1. The number of piperidine rings is 1. The molecule has 0 radical (unpaired) electrons. The molecular weight excluding hydrogens is 284 g/mol. The Morgan fingerprint density at radius 3 is 2.90 bits per heavy atom. The first kappa shape index (κ1) is 16.0. The summed E-state index contributed by atoms with van der Waals surface area (Å²) in [6.07, 6.45) is 3.12. The molecule has 3 N–H and O–H groups in total. The highest BCUT2D eigenvalue weighted by Gasteiger charge is 2.21. The van der Waals surface area contributed by atoms with E-state index in [4.69, 9.17) is 10.8 Å². The maximum absolute atomic E-state index is 11.0. The number of hydrogen-bond acceptors (Lipinski definition) is 4. The molecule has 1 aliphatic rings. The SMILES string of the molecule is NC(=O)CC1CCN(Cc2sccc2C#CCCO)CC1. The van der Waals surface area contributed by atoms with Gasteiger partial charge in [0.1, 0.15) is 0 Å². The van der Waals surface area contributed by atoms with Gasteiger partial charge in [-0.1, -0.05) is 11.8 Å². The number of rotatable bonds is 5. The van der Waals surface area contributed by atoms with Crippen LogP contribution in [0, 0.1) is 17.8 Å². The minimum absolute atomic E-state index is 0.111. The molecule has 1 amide bonds. The zero-order valence-corrected chi connectivity index (χ0v) is 13.0. The molecule has 114 valence electrons. The van der Waals surface area contributed by atoms with E-state index in [2.05, 4.69) is 22.1 Å². The number of aliphatic hydroxyl groups is 1. The van der Waals surface area contributed by atoms with Gasteiger partial charge in [0.2, 0.25) is 5.91 Å². The van der Waals surface area contributed by atoms with Gasteiger partial charge in [0.05, 0.1) is 6.61 Å². The van der Waals surface area contributed by atoms with Crippen molar-refractivity contribution in [3.8, 4) is 11.8 Å². The fourth-order valence-electron chi connectivity index (χ4n) is 2.62. The monoisotopic (exact) mass is 306 g/mol. The van der Waals surface area contributed by atoms with Crippen LogP contribution >= 0.6 is 11.3 Å². The quantitative estimate of drug-likeness (QED) is 0.812. The molecule has 1 aliphatic heterocycles. The molecule has 0 aromatic carbocycles. The summed E-state index contributed by atoms with van der Waals surface area (Å²) in [4.78, 5) is 14.7. The Balaban J connectivity index is 1.85. The van der Waals surface area contributed by atoms with Gasteiger partial charge in [0.25, 0.3) is 0 Å². The van der Waals surface area contributed by atoms with Crippen molar-refractivity contribution in [2.75, 3.05) is 19.7 Å². The van der Waals surface area contributed by atoms with Crippen LogP contribution in [0.3, 0.4) is 0 Å². The Kier molecular flexibility index (Phi) is 6.24. The van der Waals surface area contributed by atoms with Crippen molar-refractivity contribution >= 4 is 17.2 Å². The second-order valence-corrected chi connectivity index (χ2v) is 6.42. The van der Waals surface area contributed by atoms with Crippen molar-refractivity contribution in [1.29, 1.82) is 0 Å². The molecule has 1 aromatic heterocycles. The maximum atomic E-state index is 11.0. The number of hydrogen-bond donors (Lipinski definition) is 2. The summed E-state index contributed by atoms with van der Waals surface area (Å²) in [7, 11) is 0. The lowest BCUT2D eigenvalue weighted by atomic mass is 9.93. The van der Waals surface area contributed by atoms with Crippen LogP contribution in [0.4, 0.5) is 0 Å². The fourth-order valence-corrected chi connectivity index (χ4v) is 3.50. The van der Waals surface area contributed by atoms with Crippen LogP contribution in [0.1, 0.15) is 36.1 Å². The van der Waals surface area contributed by atoms with Gasteiger partial charge in [-0.15, -0.1) is 11.3 Å². The summed E-state index contributed by atoms with van der Waals surface area (Å²) >= 11 is 1.73. The summed E-state index contributed by atoms with van der Waals surface area (Å²) in [6, 6.07) is 2.05. The van der Waals surface area contributed by atoms with Crippen molar-refractivity contribution in [2.24, 2.45) is 11.7 Å². The number of thiophene rings is 1. The fraction of sp³-hybridized carbons (Fsp3) is 0.562. The molecule has 2 heterocycles. The van der Waals surface area contributed by atoms with Crippen molar-refractivity contribution in [1.82, 2.24) is 4.90 Å². The predicted octanol–water partition coefficient (Wildman–Crippen LogP) is 1.57. The average molecular weight is 306 g/mol. The van der Waals surface area contributed by atoms with Crippen LogP contribution in [-0.4, -0.2) is 35.6 Å². The Morgan fingerprint density at radius 1 is 1.48 bits per heavy atom. The molecule has 0 unspecified atom stereocenters. The Labute approximate surface area is 129 Å². The van der Waals surface area contributed by atoms with Crippen LogP contribution in [0.25, 0.3) is 0 Å². The molecule has 1 saturated heterocycles. The molecule has 1 fully saturated rings. The van der Waals surface area contributed by atoms with E-state index in [1.165, 1.54) is 4.88 Å². The third kappa shape index (κ3) is 5.16. The van der Waals surface area contributed by atoms with E-state index in [1.807, 2.05) is 6.07 Å². The molecule has 0 bridgehead atoms. The molecule has 0 saturated carbocycles. The molecule has 2 rings (SSSR count). The van der Waals surface area contributed by atoms with Crippen molar-refractivity contribution in [3.05, 3.63) is 21.9 Å². The van der Waals surface area contributed by atoms with Gasteiger partial charge in [0, 0.05) is 29.8 Å². The smallest absolute Gasteiger partial charge is 0.217 e. The summed E-state index contributed by atoms with van der Waals surface area (Å²) in [6.45, 7) is 3.06. The summed E-state index contributed by atoms with van der Waals surface area (Å²) in [5.74, 6) is 6.37. The number of carbonyl (C=O) groups excluding carboxylic acids is 1. The number of amides is 1. The lowest BCUT2D eigenvalue weighted by Gasteiger charge is -2.31. The lowest BCUT2D eigenvalue weighted by Crippen LogP contribution is -2.34. The number of primary amides is 1. The highest BCUT2D eigenvalue weighted by Crippen LogP contribution is 2.24. The third-order valence-corrected chi connectivity index (χ3v) is 4.68. The summed E-state index contributed by atoms with van der Waals surface area (Å²) in [5.41, 5.74) is 6.34. The Hall–Kier alpha value is -1.35. The Morgan fingerprint density at radius 2 is 2.24 bits per heavy atom. The van der Waals surface area contributed by atoms with E-state index in [0.717, 1.165) is 38.0 Å². The summed E-state index contributed by atoms with van der Waals surface area (Å²) < 4.78 is 0. The highest BCUT2D eigenvalue weighted by atomic mass is 32.1. The van der Waals surface area contributed by atoms with Crippen molar-refractivity contribution in [2.45, 2.75) is 32.2 Å². The second kappa shape index (κ2) is 8.18. The van der Waals surface area contributed by atoms with E-state index >= 15 is 0 Å². The maximum Gasteiger partial charge on any atom is 0.217 e. The normalized spacial score (nSPS) is 16.4. The van der Waals surface area contributed by atoms with E-state index in [0.29, 0.717) is 18.8 Å². The minimum Gasteiger partial charge on any atom is -0.395 e. The van der Waals surface area contributed by atoms with Gasteiger partial charge in [-0.05, 0) is 43.3 Å². The molecule has 1 aromatic rings. The van der Waals surface area contributed by atoms with Gasteiger partial charge in [-0.3, -0.25) is 9.69 Å². The number of aliphatic hydroxyl groups excluding tert-OH is 1. The van der Waals surface area contributed by atoms with Gasteiger partial charge < -0.3 is 10.8 Å². The van der Waals surface area contributed by atoms with E-state index in [-0.39, 0.29) is 12.5 Å². The van der Waals surface area contributed by atoms with Crippen LogP contribution in [0.15, 0.2) is 11.4 Å². The van der Waals surface area contributed by atoms with Gasteiger partial charge in [-0.25, -0.2) is 0 Å². The van der Waals surface area contributed by atoms with Gasteiger partial charge in [0.15, 0.2) is 0 Å². The van der Waals surface area contributed by atoms with Crippen LogP contribution in [0.2, 0.25) is 0 Å². The molecule has 4 nitrogen and oxygen atoms in total. The molecule has 0 spiro atoms. The first-order valence-corrected chi connectivity index (χ1v) is 8.23. The molecule has 0 atom stereocenters. The number of nitrogens with zero attached hydrogens (tertiary/aromatic N) is 1. The van der Waals surface area contributed by atoms with Gasteiger partial charge in [-0.2, -0.15) is 0 Å². The highest BCUT2D eigenvalue weighted by molar-refractivity contribution is 7.10. The third-order valence-electron chi connectivity index (χ3n) is 3.77. The zero-order valence-electron chi connectivity index (χ0n) is 12.2. The van der Waals surface area contributed by atoms with Crippen molar-refractivity contribution in [3.63, 3.8) is 0 Å². The average Bonchev–Trinajstić information content (AvgIpc) is 2.88. The number of nitrogens with two attached hydrogens (primary N) is 1. The van der Waals surface area contributed by atoms with Crippen LogP contribution < -0.4 is 5.73 Å². The lowest BCUT2D eigenvalue weighted by molar-refractivity contribution is -0.119. The molecule has 21 heavy (non-hydrogen) atoms. The molecular formula is C16H22N2O2S. The van der Waals surface area contributed by atoms with E-state index in [9.17, 15) is 4.79 Å². The van der Waals surface area contributed by atoms with Crippen molar-refractivity contribution < 1.29 is 9.90 Å². The zero-order chi connectivity index (χ0) is 15.1. The summed E-state index contributed by atoms with van der Waals surface area (Å²) in [5, 5.41) is 10.8. The minimum atomic E-state index is -0.187. The van der Waals surface area contributed by atoms with Crippen LogP contribution in [0.5, 0.6) is 0 Å².